The average Bonchev–Trinajstić information content (AvgIpc) is 3.32. The van der Waals surface area contributed by atoms with Crippen molar-refractivity contribution < 1.29 is 18.7 Å². The lowest BCUT2D eigenvalue weighted by atomic mass is 10.2. The van der Waals surface area contributed by atoms with Crippen molar-refractivity contribution in [3.63, 3.8) is 0 Å². The van der Waals surface area contributed by atoms with Crippen molar-refractivity contribution in [1.29, 1.82) is 0 Å². The molecule has 0 unspecified atom stereocenters. The molecule has 1 saturated carbocycles. The second kappa shape index (κ2) is 8.55. The van der Waals surface area contributed by atoms with Crippen molar-refractivity contribution in [2.45, 2.75) is 25.9 Å². The van der Waals surface area contributed by atoms with Gasteiger partial charge in [0.25, 0.3) is 5.91 Å². The zero-order valence-electron chi connectivity index (χ0n) is 13.7. The van der Waals surface area contributed by atoms with Gasteiger partial charge in [-0.25, -0.2) is 0 Å². The van der Waals surface area contributed by atoms with Gasteiger partial charge in [0.05, 0.1) is 6.26 Å². The number of hydrogen-bond donors (Lipinski definition) is 1. The normalized spacial score (nSPS) is 13.7. The molecule has 3 rings (SSSR count). The maximum absolute atomic E-state index is 12.2. The summed E-state index contributed by atoms with van der Waals surface area (Å²) in [6.07, 6.45) is 4.90. The summed E-state index contributed by atoms with van der Waals surface area (Å²) < 4.78 is 16.5. The van der Waals surface area contributed by atoms with Gasteiger partial charge in [-0.15, -0.1) is 0 Å². The van der Waals surface area contributed by atoms with Crippen LogP contribution in [-0.4, -0.2) is 25.7 Å². The molecule has 5 nitrogen and oxygen atoms in total. The van der Waals surface area contributed by atoms with Crippen molar-refractivity contribution in [1.82, 2.24) is 5.32 Å². The van der Waals surface area contributed by atoms with Gasteiger partial charge < -0.3 is 19.2 Å². The molecule has 0 saturated heterocycles. The molecule has 2 aromatic rings. The maximum atomic E-state index is 12.2. The van der Waals surface area contributed by atoms with Crippen LogP contribution in [0.3, 0.4) is 0 Å². The van der Waals surface area contributed by atoms with Gasteiger partial charge in [-0.1, -0.05) is 18.2 Å². The van der Waals surface area contributed by atoms with Crippen LogP contribution in [0.2, 0.25) is 0 Å². The summed E-state index contributed by atoms with van der Waals surface area (Å²) in [5.41, 5.74) is 0.737. The fourth-order valence-corrected chi connectivity index (χ4v) is 2.32. The number of benzene rings is 1. The third-order valence-corrected chi connectivity index (χ3v) is 3.89. The molecule has 0 bridgehead atoms. The molecular formula is C19H23NO4. The molecular weight excluding hydrogens is 306 g/mol. The van der Waals surface area contributed by atoms with E-state index < -0.39 is 0 Å². The highest BCUT2D eigenvalue weighted by Gasteiger charge is 2.21. The lowest BCUT2D eigenvalue weighted by molar-refractivity contribution is 0.0907. The molecule has 1 aromatic carbocycles. The van der Waals surface area contributed by atoms with Crippen LogP contribution < -0.4 is 10.1 Å². The van der Waals surface area contributed by atoms with Gasteiger partial charge in [0.15, 0.2) is 5.76 Å². The van der Waals surface area contributed by atoms with E-state index in [0.29, 0.717) is 25.5 Å². The molecule has 1 aromatic heterocycles. The molecule has 0 spiro atoms. The van der Waals surface area contributed by atoms with Crippen molar-refractivity contribution in [3.05, 3.63) is 54.0 Å². The monoisotopic (exact) mass is 329 g/mol. The standard InChI is InChI=1S/C19H23NO4/c21-19(20-10-4-11-22-13-15-7-8-15)18-16(9-12-23-18)14-24-17-5-2-1-3-6-17/h1-3,5-6,9,12,15H,4,7-8,10-11,13-14H2,(H,20,21). The molecule has 1 amide bonds. The van der Waals surface area contributed by atoms with Crippen molar-refractivity contribution >= 4 is 5.91 Å². The molecule has 1 aliphatic carbocycles. The lowest BCUT2D eigenvalue weighted by Gasteiger charge is -2.07. The summed E-state index contributed by atoms with van der Waals surface area (Å²) >= 11 is 0. The minimum absolute atomic E-state index is 0.214. The molecule has 1 aliphatic rings. The highest BCUT2D eigenvalue weighted by atomic mass is 16.5. The number of nitrogens with one attached hydrogen (secondary N) is 1. The van der Waals surface area contributed by atoms with E-state index in [1.54, 1.807) is 6.07 Å². The Labute approximate surface area is 141 Å². The summed E-state index contributed by atoms with van der Waals surface area (Å²) in [6.45, 7) is 2.41. The van der Waals surface area contributed by atoms with E-state index in [9.17, 15) is 4.79 Å². The van der Waals surface area contributed by atoms with Crippen LogP contribution in [0, 0.1) is 5.92 Å². The molecule has 5 heteroatoms. The van der Waals surface area contributed by atoms with Gasteiger partial charge >= 0.3 is 0 Å². The zero-order chi connectivity index (χ0) is 16.6. The Hall–Kier alpha value is -2.27. The van der Waals surface area contributed by atoms with E-state index in [2.05, 4.69) is 5.32 Å². The van der Waals surface area contributed by atoms with E-state index in [1.165, 1.54) is 19.1 Å². The first kappa shape index (κ1) is 16.6. The average molecular weight is 329 g/mol. The molecule has 128 valence electrons. The Morgan fingerprint density at radius 1 is 1.21 bits per heavy atom. The van der Waals surface area contributed by atoms with Crippen molar-refractivity contribution in [2.75, 3.05) is 19.8 Å². The highest BCUT2D eigenvalue weighted by molar-refractivity contribution is 5.92. The number of furan rings is 1. The number of carbonyl (C=O) groups excluding carboxylic acids is 1. The predicted octanol–water partition coefficient (Wildman–Crippen LogP) is 3.41. The minimum atomic E-state index is -0.214. The summed E-state index contributed by atoms with van der Waals surface area (Å²) in [5, 5.41) is 2.86. The van der Waals surface area contributed by atoms with Crippen LogP contribution in [0.1, 0.15) is 35.4 Å². The summed E-state index contributed by atoms with van der Waals surface area (Å²) in [6, 6.07) is 11.3. The molecule has 24 heavy (non-hydrogen) atoms. The second-order valence-corrected chi connectivity index (χ2v) is 6.00. The quantitative estimate of drug-likeness (QED) is 0.679. The Kier molecular flexibility index (Phi) is 5.90. The Morgan fingerprint density at radius 3 is 2.83 bits per heavy atom. The number of carbonyl (C=O) groups is 1. The third kappa shape index (κ3) is 5.13. The molecule has 0 aliphatic heterocycles. The first-order valence-corrected chi connectivity index (χ1v) is 8.43. The van der Waals surface area contributed by atoms with E-state index in [1.807, 2.05) is 30.3 Å². The highest BCUT2D eigenvalue weighted by Crippen LogP contribution is 2.28. The summed E-state index contributed by atoms with van der Waals surface area (Å²) in [4.78, 5) is 12.2. The van der Waals surface area contributed by atoms with Gasteiger partial charge in [0.1, 0.15) is 12.4 Å². The largest absolute Gasteiger partial charge is 0.489 e. The van der Waals surface area contributed by atoms with Gasteiger partial charge in [-0.3, -0.25) is 4.79 Å². The SMILES string of the molecule is O=C(NCCCOCC1CC1)c1occc1COc1ccccc1. The van der Waals surface area contributed by atoms with Gasteiger partial charge in [0, 0.05) is 25.3 Å². The van der Waals surface area contributed by atoms with E-state index >= 15 is 0 Å². The van der Waals surface area contributed by atoms with Crippen LogP contribution in [-0.2, 0) is 11.3 Å². The second-order valence-electron chi connectivity index (χ2n) is 6.00. The minimum Gasteiger partial charge on any atom is -0.489 e. The fraction of sp³-hybridized carbons (Fsp3) is 0.421. The number of hydrogen-bond acceptors (Lipinski definition) is 4. The lowest BCUT2D eigenvalue weighted by Crippen LogP contribution is -2.26. The summed E-state index contributed by atoms with van der Waals surface area (Å²) in [5.74, 6) is 1.63. The first-order chi connectivity index (χ1) is 11.8. The third-order valence-electron chi connectivity index (χ3n) is 3.89. The van der Waals surface area contributed by atoms with Gasteiger partial charge in [-0.2, -0.15) is 0 Å². The Balaban J connectivity index is 1.39. The van der Waals surface area contributed by atoms with Crippen molar-refractivity contribution in [2.24, 2.45) is 5.92 Å². The molecule has 1 heterocycles. The molecule has 1 N–H and O–H groups in total. The number of ether oxygens (including phenoxy) is 2. The number of amides is 1. The predicted molar refractivity (Wildman–Crippen MR) is 90.0 cm³/mol. The molecule has 1 fully saturated rings. The van der Waals surface area contributed by atoms with Crippen LogP contribution >= 0.6 is 0 Å². The van der Waals surface area contributed by atoms with Crippen LogP contribution in [0.15, 0.2) is 47.1 Å². The van der Waals surface area contributed by atoms with E-state index in [-0.39, 0.29) is 5.91 Å². The molecule has 0 atom stereocenters. The van der Waals surface area contributed by atoms with Crippen molar-refractivity contribution in [3.8, 4) is 5.75 Å². The van der Waals surface area contributed by atoms with E-state index in [4.69, 9.17) is 13.9 Å². The van der Waals surface area contributed by atoms with Crippen LogP contribution in [0.25, 0.3) is 0 Å². The van der Waals surface area contributed by atoms with Gasteiger partial charge in [0.2, 0.25) is 0 Å². The molecule has 0 radical (unpaired) electrons. The first-order valence-electron chi connectivity index (χ1n) is 8.43. The van der Waals surface area contributed by atoms with Crippen LogP contribution in [0.5, 0.6) is 5.75 Å². The zero-order valence-corrected chi connectivity index (χ0v) is 13.7. The van der Waals surface area contributed by atoms with Crippen LogP contribution in [0.4, 0.5) is 0 Å². The maximum Gasteiger partial charge on any atom is 0.287 e. The van der Waals surface area contributed by atoms with E-state index in [0.717, 1.165) is 30.3 Å². The number of para-hydroxylation sites is 1. The fourth-order valence-electron chi connectivity index (χ4n) is 2.32. The number of rotatable bonds is 10. The van der Waals surface area contributed by atoms with Gasteiger partial charge in [-0.05, 0) is 43.4 Å². The Bertz CT molecular complexity index is 634. The smallest absolute Gasteiger partial charge is 0.287 e. The Morgan fingerprint density at radius 2 is 2.04 bits per heavy atom. The topological polar surface area (TPSA) is 60.7 Å². The summed E-state index contributed by atoms with van der Waals surface area (Å²) in [7, 11) is 0.